The Kier molecular flexibility index (Phi) is 5.47. The van der Waals surface area contributed by atoms with Crippen LogP contribution < -0.4 is 5.73 Å². The maximum Gasteiger partial charge on any atom is 0.183 e. The van der Waals surface area contributed by atoms with E-state index in [9.17, 15) is 0 Å². The summed E-state index contributed by atoms with van der Waals surface area (Å²) in [5.41, 5.74) is 6.11. The Labute approximate surface area is 126 Å². The highest BCUT2D eigenvalue weighted by molar-refractivity contribution is 9.13. The van der Waals surface area contributed by atoms with Crippen LogP contribution in [0.2, 0.25) is 0 Å². The predicted molar refractivity (Wildman–Crippen MR) is 82.6 cm³/mol. The van der Waals surface area contributed by atoms with Crippen molar-refractivity contribution in [2.75, 3.05) is 13.6 Å². The minimum Gasteiger partial charge on any atom is -0.451 e. The van der Waals surface area contributed by atoms with Gasteiger partial charge in [0.25, 0.3) is 0 Å². The van der Waals surface area contributed by atoms with Gasteiger partial charge in [0, 0.05) is 12.6 Å². The Morgan fingerprint density at radius 3 is 2.28 bits per heavy atom. The molecule has 2 atom stereocenters. The van der Waals surface area contributed by atoms with Crippen molar-refractivity contribution >= 4 is 31.9 Å². The van der Waals surface area contributed by atoms with Crippen LogP contribution in [0.3, 0.4) is 0 Å². The second-order valence-electron chi connectivity index (χ2n) is 5.73. The van der Waals surface area contributed by atoms with Gasteiger partial charge < -0.3 is 10.2 Å². The number of rotatable bonds is 4. The molecule has 1 rings (SSSR count). The molecule has 104 valence electrons. The molecule has 0 saturated carbocycles. The molecule has 0 radical (unpaired) electrons. The van der Waals surface area contributed by atoms with Gasteiger partial charge in [-0.2, -0.15) is 0 Å². The smallest absolute Gasteiger partial charge is 0.183 e. The van der Waals surface area contributed by atoms with Gasteiger partial charge in [-0.3, -0.25) is 4.90 Å². The summed E-state index contributed by atoms with van der Waals surface area (Å²) in [5, 5.41) is 0. The van der Waals surface area contributed by atoms with Gasteiger partial charge in [-0.15, -0.1) is 0 Å². The molecule has 0 aliphatic heterocycles. The largest absolute Gasteiger partial charge is 0.451 e. The molecule has 1 aromatic rings. The molecule has 1 heterocycles. The minimum absolute atomic E-state index is 0.0850. The molecular formula is C13H22Br2N2O. The summed E-state index contributed by atoms with van der Waals surface area (Å²) in [6.07, 6.45) is 0. The molecule has 0 spiro atoms. The first kappa shape index (κ1) is 16.2. The van der Waals surface area contributed by atoms with Gasteiger partial charge in [0.2, 0.25) is 0 Å². The molecule has 0 aromatic carbocycles. The van der Waals surface area contributed by atoms with E-state index >= 15 is 0 Å². The fourth-order valence-electron chi connectivity index (χ4n) is 1.89. The van der Waals surface area contributed by atoms with Crippen LogP contribution in [-0.2, 0) is 0 Å². The van der Waals surface area contributed by atoms with E-state index in [4.69, 9.17) is 10.2 Å². The summed E-state index contributed by atoms with van der Waals surface area (Å²) < 4.78 is 7.34. The molecule has 0 saturated heterocycles. The number of nitrogens with two attached hydrogens (primary N) is 1. The van der Waals surface area contributed by atoms with E-state index in [1.807, 2.05) is 6.07 Å². The number of hydrogen-bond donors (Lipinski definition) is 1. The molecule has 0 bridgehead atoms. The average molecular weight is 382 g/mol. The van der Waals surface area contributed by atoms with E-state index in [1.165, 1.54) is 0 Å². The standard InChI is InChI=1S/C13H22Br2N2O/c1-8(13(2,3)4)17(5)10(7-16)11-6-9(14)12(15)18-11/h6,8,10H,7,16H2,1-5H3. The van der Waals surface area contributed by atoms with Crippen molar-refractivity contribution < 1.29 is 4.42 Å². The van der Waals surface area contributed by atoms with Crippen LogP contribution in [0.15, 0.2) is 19.6 Å². The maximum atomic E-state index is 5.91. The molecule has 0 fully saturated rings. The van der Waals surface area contributed by atoms with Crippen molar-refractivity contribution in [2.24, 2.45) is 11.1 Å². The van der Waals surface area contributed by atoms with Gasteiger partial charge in [0.05, 0.1) is 10.5 Å². The molecule has 0 amide bonds. The summed E-state index contributed by atoms with van der Waals surface area (Å²) in [7, 11) is 2.10. The quantitative estimate of drug-likeness (QED) is 0.850. The Morgan fingerprint density at radius 1 is 1.39 bits per heavy atom. The normalized spacial score (nSPS) is 16.1. The first-order valence-corrected chi connectivity index (χ1v) is 7.63. The van der Waals surface area contributed by atoms with Crippen molar-refractivity contribution in [2.45, 2.75) is 39.8 Å². The van der Waals surface area contributed by atoms with Crippen LogP contribution in [0.5, 0.6) is 0 Å². The van der Waals surface area contributed by atoms with Gasteiger partial charge in [-0.1, -0.05) is 20.8 Å². The number of halogens is 2. The van der Waals surface area contributed by atoms with Gasteiger partial charge in [0.15, 0.2) is 4.67 Å². The highest BCUT2D eigenvalue weighted by Crippen LogP contribution is 2.34. The van der Waals surface area contributed by atoms with Gasteiger partial charge in [-0.25, -0.2) is 0 Å². The van der Waals surface area contributed by atoms with Crippen LogP contribution in [0.1, 0.15) is 39.5 Å². The minimum atomic E-state index is 0.0850. The third-order valence-corrected chi connectivity index (χ3v) is 5.28. The number of nitrogens with zero attached hydrogens (tertiary/aromatic N) is 1. The topological polar surface area (TPSA) is 42.4 Å². The molecule has 2 N–H and O–H groups in total. The molecule has 3 nitrogen and oxygen atoms in total. The SMILES string of the molecule is CC(N(C)C(CN)c1cc(Br)c(Br)o1)C(C)(C)C. The second-order valence-corrected chi connectivity index (χ2v) is 7.30. The van der Waals surface area contributed by atoms with Crippen molar-refractivity contribution in [3.05, 3.63) is 21.0 Å². The predicted octanol–water partition coefficient (Wildman–Crippen LogP) is 4.17. The molecule has 1 aromatic heterocycles. The molecule has 0 aliphatic carbocycles. The fraction of sp³-hybridized carbons (Fsp3) is 0.692. The van der Waals surface area contributed by atoms with Crippen LogP contribution in [0.25, 0.3) is 0 Å². The lowest BCUT2D eigenvalue weighted by Gasteiger charge is -2.39. The lowest BCUT2D eigenvalue weighted by Crippen LogP contribution is -2.43. The van der Waals surface area contributed by atoms with E-state index in [0.29, 0.717) is 17.3 Å². The summed E-state index contributed by atoms with van der Waals surface area (Å²) in [4.78, 5) is 2.28. The second kappa shape index (κ2) is 6.07. The summed E-state index contributed by atoms with van der Waals surface area (Å²) in [6.45, 7) is 9.44. The van der Waals surface area contributed by atoms with Crippen molar-refractivity contribution in [3.63, 3.8) is 0 Å². The van der Waals surface area contributed by atoms with Gasteiger partial charge in [0.1, 0.15) is 5.76 Å². The lowest BCUT2D eigenvalue weighted by atomic mass is 9.86. The zero-order valence-corrected chi connectivity index (χ0v) is 14.8. The van der Waals surface area contributed by atoms with Gasteiger partial charge >= 0.3 is 0 Å². The Bertz CT molecular complexity index is 379. The lowest BCUT2D eigenvalue weighted by molar-refractivity contribution is 0.0894. The molecule has 18 heavy (non-hydrogen) atoms. The number of likely N-dealkylation sites (N-methyl/N-ethyl adjacent to an activating group) is 1. The van der Waals surface area contributed by atoms with E-state index in [1.54, 1.807) is 0 Å². The third kappa shape index (κ3) is 3.59. The average Bonchev–Trinajstić information content (AvgIpc) is 2.57. The van der Waals surface area contributed by atoms with E-state index in [-0.39, 0.29) is 11.5 Å². The number of furan rings is 1. The first-order chi connectivity index (χ1) is 8.18. The zero-order valence-electron chi connectivity index (χ0n) is 11.6. The van der Waals surface area contributed by atoms with Crippen molar-refractivity contribution in [3.8, 4) is 0 Å². The van der Waals surface area contributed by atoms with Crippen LogP contribution >= 0.6 is 31.9 Å². The summed E-state index contributed by atoms with van der Waals surface area (Å²) in [5.74, 6) is 0.884. The Morgan fingerprint density at radius 2 is 1.94 bits per heavy atom. The highest BCUT2D eigenvalue weighted by Gasteiger charge is 2.30. The molecule has 2 unspecified atom stereocenters. The van der Waals surface area contributed by atoms with E-state index < -0.39 is 0 Å². The van der Waals surface area contributed by atoms with Crippen molar-refractivity contribution in [1.29, 1.82) is 0 Å². The van der Waals surface area contributed by atoms with Crippen LogP contribution in [-0.4, -0.2) is 24.5 Å². The first-order valence-electron chi connectivity index (χ1n) is 6.05. The zero-order chi connectivity index (χ0) is 14.1. The molecular weight excluding hydrogens is 360 g/mol. The Balaban J connectivity index is 2.96. The monoisotopic (exact) mass is 380 g/mol. The van der Waals surface area contributed by atoms with Crippen LogP contribution in [0.4, 0.5) is 0 Å². The number of hydrogen-bond acceptors (Lipinski definition) is 3. The maximum absolute atomic E-state index is 5.91. The summed E-state index contributed by atoms with van der Waals surface area (Å²) >= 11 is 6.81. The van der Waals surface area contributed by atoms with Gasteiger partial charge in [-0.05, 0) is 57.3 Å². The van der Waals surface area contributed by atoms with Crippen LogP contribution in [0, 0.1) is 5.41 Å². The van der Waals surface area contributed by atoms with E-state index in [2.05, 4.69) is 71.5 Å². The summed E-state index contributed by atoms with van der Waals surface area (Å²) in [6, 6.07) is 2.46. The van der Waals surface area contributed by atoms with Crippen molar-refractivity contribution in [1.82, 2.24) is 4.90 Å². The third-order valence-electron chi connectivity index (χ3n) is 3.57. The highest BCUT2D eigenvalue weighted by atomic mass is 79.9. The van der Waals surface area contributed by atoms with E-state index in [0.717, 1.165) is 10.2 Å². The molecule has 0 aliphatic rings. The Hall–Kier alpha value is 0.160. The fourth-order valence-corrected chi connectivity index (χ4v) is 2.50. The molecule has 5 heteroatoms.